The third kappa shape index (κ3) is 3.78. The van der Waals surface area contributed by atoms with Gasteiger partial charge in [-0.2, -0.15) is 0 Å². The number of ether oxygens (including phenoxy) is 1. The van der Waals surface area contributed by atoms with Gasteiger partial charge in [-0.05, 0) is 25.3 Å². The molecule has 3 N–H and O–H groups in total. The van der Waals surface area contributed by atoms with Crippen molar-refractivity contribution in [3.05, 3.63) is 35.9 Å². The summed E-state index contributed by atoms with van der Waals surface area (Å²) in [4.78, 5) is 14.1. The number of urea groups is 1. The summed E-state index contributed by atoms with van der Waals surface area (Å²) in [6.07, 6.45) is 1.80. The molecule has 1 atom stereocenters. The molecule has 0 saturated carbocycles. The third-order valence-corrected chi connectivity index (χ3v) is 4.57. The second-order valence-electron chi connectivity index (χ2n) is 6.14. The van der Waals surface area contributed by atoms with Gasteiger partial charge in [0.05, 0.1) is 12.6 Å². The lowest BCUT2D eigenvalue weighted by Gasteiger charge is -2.41. The average molecular weight is 305 g/mol. The molecule has 1 aromatic rings. The van der Waals surface area contributed by atoms with E-state index < -0.39 is 0 Å². The van der Waals surface area contributed by atoms with Gasteiger partial charge in [0.15, 0.2) is 0 Å². The Balaban J connectivity index is 1.95. The maximum Gasteiger partial charge on any atom is 0.317 e. The molecule has 1 heterocycles. The van der Waals surface area contributed by atoms with Crippen molar-refractivity contribution in [2.24, 2.45) is 5.73 Å². The summed E-state index contributed by atoms with van der Waals surface area (Å²) in [5.74, 6) is 0. The normalized spacial score (nSPS) is 18.8. The first kappa shape index (κ1) is 16.8. The van der Waals surface area contributed by atoms with Crippen molar-refractivity contribution >= 4 is 6.03 Å². The van der Waals surface area contributed by atoms with Crippen LogP contribution < -0.4 is 11.1 Å². The van der Waals surface area contributed by atoms with Crippen molar-refractivity contribution in [2.75, 3.05) is 33.4 Å². The summed E-state index contributed by atoms with van der Waals surface area (Å²) in [5, 5.41) is 2.97. The van der Waals surface area contributed by atoms with Crippen LogP contribution in [0.1, 0.15) is 25.3 Å². The number of benzene rings is 1. The highest BCUT2D eigenvalue weighted by molar-refractivity contribution is 5.74. The first-order valence-corrected chi connectivity index (χ1v) is 7.91. The van der Waals surface area contributed by atoms with E-state index in [2.05, 4.69) is 29.6 Å². The fraction of sp³-hybridized carbons (Fsp3) is 0.588. The number of hydrogen-bond acceptors (Lipinski definition) is 3. The smallest absolute Gasteiger partial charge is 0.317 e. The van der Waals surface area contributed by atoms with Crippen LogP contribution in [0, 0.1) is 0 Å². The van der Waals surface area contributed by atoms with Crippen LogP contribution in [-0.2, 0) is 10.2 Å². The molecule has 122 valence electrons. The minimum atomic E-state index is -0.0109. The van der Waals surface area contributed by atoms with Gasteiger partial charge < -0.3 is 20.7 Å². The molecule has 0 radical (unpaired) electrons. The molecule has 0 aromatic heterocycles. The Hall–Kier alpha value is -1.59. The second kappa shape index (κ2) is 7.61. The van der Waals surface area contributed by atoms with Crippen LogP contribution in [-0.4, -0.2) is 50.3 Å². The number of amides is 2. The Kier molecular flexibility index (Phi) is 5.80. The highest BCUT2D eigenvalue weighted by atomic mass is 16.5. The van der Waals surface area contributed by atoms with Gasteiger partial charge >= 0.3 is 6.03 Å². The maximum atomic E-state index is 12.2. The first-order chi connectivity index (χ1) is 10.6. The molecule has 1 saturated heterocycles. The molecule has 0 aliphatic carbocycles. The van der Waals surface area contributed by atoms with Crippen molar-refractivity contribution in [1.82, 2.24) is 10.2 Å². The summed E-state index contributed by atoms with van der Waals surface area (Å²) >= 11 is 0. The van der Waals surface area contributed by atoms with E-state index in [0.29, 0.717) is 13.2 Å². The van der Waals surface area contributed by atoms with Crippen LogP contribution in [0.2, 0.25) is 0 Å². The first-order valence-electron chi connectivity index (χ1n) is 7.91. The fourth-order valence-corrected chi connectivity index (χ4v) is 3.13. The fourth-order valence-electron chi connectivity index (χ4n) is 3.13. The predicted octanol–water partition coefficient (Wildman–Crippen LogP) is 1.72. The Labute approximate surface area is 132 Å². The molecular formula is C17H27N3O2. The summed E-state index contributed by atoms with van der Waals surface area (Å²) in [6.45, 7) is 4.55. The molecule has 22 heavy (non-hydrogen) atoms. The van der Waals surface area contributed by atoms with E-state index in [-0.39, 0.29) is 17.5 Å². The van der Waals surface area contributed by atoms with Gasteiger partial charge in [0, 0.05) is 32.2 Å². The van der Waals surface area contributed by atoms with E-state index in [0.717, 1.165) is 25.9 Å². The molecule has 5 nitrogen and oxygen atoms in total. The number of carbonyl (C=O) groups excluding carboxylic acids is 1. The molecule has 1 aliphatic rings. The van der Waals surface area contributed by atoms with Crippen LogP contribution >= 0.6 is 0 Å². The number of methoxy groups -OCH3 is 1. The second-order valence-corrected chi connectivity index (χ2v) is 6.14. The predicted molar refractivity (Wildman–Crippen MR) is 87.9 cm³/mol. The lowest BCUT2D eigenvalue weighted by molar-refractivity contribution is 0.142. The zero-order valence-corrected chi connectivity index (χ0v) is 13.5. The zero-order valence-electron chi connectivity index (χ0n) is 13.5. The summed E-state index contributed by atoms with van der Waals surface area (Å²) in [5.41, 5.74) is 7.36. The number of likely N-dealkylation sites (tertiary alicyclic amines) is 1. The number of piperidine rings is 1. The SMILES string of the molecule is COC[C@@H](C)NC(=O)N1CCC(CN)(c2ccccc2)CC1. The third-order valence-electron chi connectivity index (χ3n) is 4.57. The molecule has 5 heteroatoms. The van der Waals surface area contributed by atoms with Crippen molar-refractivity contribution in [3.8, 4) is 0 Å². The van der Waals surface area contributed by atoms with Gasteiger partial charge in [-0.15, -0.1) is 0 Å². The minimum Gasteiger partial charge on any atom is -0.383 e. The lowest BCUT2D eigenvalue weighted by Crippen LogP contribution is -2.52. The van der Waals surface area contributed by atoms with E-state index in [4.69, 9.17) is 10.5 Å². The van der Waals surface area contributed by atoms with Gasteiger partial charge in [0.25, 0.3) is 0 Å². The van der Waals surface area contributed by atoms with E-state index in [1.807, 2.05) is 17.9 Å². The van der Waals surface area contributed by atoms with Crippen LogP contribution in [0.4, 0.5) is 4.79 Å². The number of carbonyl (C=O) groups is 1. The standard InChI is InChI=1S/C17H27N3O2/c1-14(12-22-2)19-16(21)20-10-8-17(13-18,9-11-20)15-6-4-3-5-7-15/h3-7,14H,8-13,18H2,1-2H3,(H,19,21)/t14-/m1/s1. The van der Waals surface area contributed by atoms with Crippen molar-refractivity contribution in [1.29, 1.82) is 0 Å². The topological polar surface area (TPSA) is 67.6 Å². The molecule has 0 spiro atoms. The van der Waals surface area contributed by atoms with Crippen LogP contribution in [0.5, 0.6) is 0 Å². The largest absolute Gasteiger partial charge is 0.383 e. The Bertz CT molecular complexity index is 470. The van der Waals surface area contributed by atoms with E-state index >= 15 is 0 Å². The molecule has 1 aromatic carbocycles. The van der Waals surface area contributed by atoms with Gasteiger partial charge in [-0.1, -0.05) is 30.3 Å². The molecule has 1 aliphatic heterocycles. The highest BCUT2D eigenvalue weighted by Crippen LogP contribution is 2.34. The van der Waals surface area contributed by atoms with Gasteiger partial charge in [0.2, 0.25) is 0 Å². The number of nitrogens with two attached hydrogens (primary N) is 1. The summed E-state index contributed by atoms with van der Waals surface area (Å²) < 4.78 is 5.05. The Morgan fingerprint density at radius 1 is 1.36 bits per heavy atom. The molecule has 2 amide bonds. The minimum absolute atomic E-state index is 0.00378. The highest BCUT2D eigenvalue weighted by Gasteiger charge is 2.36. The van der Waals surface area contributed by atoms with Crippen LogP contribution in [0.25, 0.3) is 0 Å². The molecule has 2 rings (SSSR count). The van der Waals surface area contributed by atoms with Crippen molar-refractivity contribution in [2.45, 2.75) is 31.2 Å². The van der Waals surface area contributed by atoms with Crippen LogP contribution in [0.15, 0.2) is 30.3 Å². The van der Waals surface area contributed by atoms with Crippen LogP contribution in [0.3, 0.4) is 0 Å². The lowest BCUT2D eigenvalue weighted by atomic mass is 9.73. The molecular weight excluding hydrogens is 278 g/mol. The monoisotopic (exact) mass is 305 g/mol. The van der Waals surface area contributed by atoms with E-state index in [1.54, 1.807) is 7.11 Å². The van der Waals surface area contributed by atoms with Gasteiger partial charge in [-0.25, -0.2) is 4.79 Å². The van der Waals surface area contributed by atoms with E-state index in [9.17, 15) is 4.79 Å². The molecule has 0 unspecified atom stereocenters. The summed E-state index contributed by atoms with van der Waals surface area (Å²) in [6, 6.07) is 10.4. The zero-order chi connectivity index (χ0) is 16.0. The number of rotatable bonds is 5. The maximum absolute atomic E-state index is 12.2. The average Bonchev–Trinajstić information content (AvgIpc) is 2.56. The number of hydrogen-bond donors (Lipinski definition) is 2. The molecule has 1 fully saturated rings. The van der Waals surface area contributed by atoms with E-state index in [1.165, 1.54) is 5.56 Å². The number of nitrogens with one attached hydrogen (secondary N) is 1. The Morgan fingerprint density at radius 3 is 2.55 bits per heavy atom. The quantitative estimate of drug-likeness (QED) is 0.870. The summed E-state index contributed by atoms with van der Waals surface area (Å²) in [7, 11) is 1.64. The van der Waals surface area contributed by atoms with Crippen molar-refractivity contribution < 1.29 is 9.53 Å². The number of nitrogens with zero attached hydrogens (tertiary/aromatic N) is 1. The van der Waals surface area contributed by atoms with Gasteiger partial charge in [-0.3, -0.25) is 0 Å². The molecule has 0 bridgehead atoms. The Morgan fingerprint density at radius 2 is 2.00 bits per heavy atom. The van der Waals surface area contributed by atoms with Crippen molar-refractivity contribution in [3.63, 3.8) is 0 Å². The van der Waals surface area contributed by atoms with Gasteiger partial charge in [0.1, 0.15) is 0 Å².